The van der Waals surface area contributed by atoms with Gasteiger partial charge in [0.25, 0.3) is 0 Å². The van der Waals surface area contributed by atoms with Crippen LogP contribution in [0.25, 0.3) is 0 Å². The van der Waals surface area contributed by atoms with Crippen LogP contribution in [0, 0.1) is 5.92 Å². The molecule has 1 unspecified atom stereocenters. The lowest BCUT2D eigenvalue weighted by molar-refractivity contribution is 0.0134. The maximum absolute atomic E-state index is 5.36. The van der Waals surface area contributed by atoms with E-state index >= 15 is 0 Å². The van der Waals surface area contributed by atoms with Gasteiger partial charge in [-0.15, -0.1) is 0 Å². The Morgan fingerprint density at radius 1 is 1.31 bits per heavy atom. The van der Waals surface area contributed by atoms with Crippen LogP contribution in [0.4, 0.5) is 0 Å². The molecule has 0 bridgehead atoms. The molecule has 0 radical (unpaired) electrons. The van der Waals surface area contributed by atoms with Gasteiger partial charge in [-0.25, -0.2) is 0 Å². The topological polar surface area (TPSA) is 9.23 Å². The molecule has 80 valence electrons. The monoisotopic (exact) mass is 250 g/mol. The third-order valence-electron chi connectivity index (χ3n) is 2.53. The fraction of sp³-hybridized carbons (Fsp3) is 1.00. The Bertz CT molecular complexity index is 132. The highest BCUT2D eigenvalue weighted by Crippen LogP contribution is 2.22. The van der Waals surface area contributed by atoms with E-state index in [1.807, 2.05) is 0 Å². The lowest BCUT2D eigenvalue weighted by Crippen LogP contribution is -2.22. The molecule has 1 nitrogen and oxygen atoms in total. The summed E-state index contributed by atoms with van der Waals surface area (Å²) >= 11 is 3.69. The van der Waals surface area contributed by atoms with Crippen molar-refractivity contribution in [3.63, 3.8) is 0 Å². The zero-order valence-corrected chi connectivity index (χ0v) is 11.1. The van der Waals surface area contributed by atoms with E-state index in [0.717, 1.165) is 12.3 Å². The van der Waals surface area contributed by atoms with Crippen LogP contribution in [-0.4, -0.2) is 17.5 Å². The summed E-state index contributed by atoms with van der Waals surface area (Å²) in [5, 5.41) is 0. The normalized spacial score (nSPS) is 15.0. The van der Waals surface area contributed by atoms with Crippen molar-refractivity contribution in [1.29, 1.82) is 0 Å². The minimum atomic E-state index is 0.0453. The molecule has 0 aromatic carbocycles. The summed E-state index contributed by atoms with van der Waals surface area (Å²) in [7, 11) is 1.79. The fourth-order valence-electron chi connectivity index (χ4n) is 1.16. The van der Waals surface area contributed by atoms with Gasteiger partial charge in [0.1, 0.15) is 0 Å². The molecule has 13 heavy (non-hydrogen) atoms. The van der Waals surface area contributed by atoms with Crippen LogP contribution in [0.2, 0.25) is 0 Å². The Kier molecular flexibility index (Phi) is 6.23. The van der Waals surface area contributed by atoms with Gasteiger partial charge < -0.3 is 4.74 Å². The number of methoxy groups -OCH3 is 1. The van der Waals surface area contributed by atoms with Gasteiger partial charge in [-0.1, -0.05) is 29.8 Å². The van der Waals surface area contributed by atoms with Gasteiger partial charge >= 0.3 is 0 Å². The average molecular weight is 251 g/mol. The van der Waals surface area contributed by atoms with Crippen molar-refractivity contribution in [2.75, 3.05) is 7.11 Å². The highest BCUT2D eigenvalue weighted by Gasteiger charge is 2.17. The third kappa shape index (κ3) is 6.50. The minimum Gasteiger partial charge on any atom is -0.379 e. The van der Waals surface area contributed by atoms with Crippen molar-refractivity contribution < 1.29 is 4.74 Å². The molecular weight excluding hydrogens is 228 g/mol. The van der Waals surface area contributed by atoms with Gasteiger partial charge in [0, 0.05) is 11.9 Å². The Morgan fingerprint density at radius 3 is 2.23 bits per heavy atom. The zero-order chi connectivity index (χ0) is 10.5. The summed E-state index contributed by atoms with van der Waals surface area (Å²) < 4.78 is 5.36. The van der Waals surface area contributed by atoms with Crippen LogP contribution in [0.15, 0.2) is 0 Å². The Labute approximate surface area is 91.4 Å². The lowest BCUT2D eigenvalue weighted by atomic mass is 9.98. The second kappa shape index (κ2) is 6.02. The molecule has 0 aliphatic carbocycles. The first-order valence-electron chi connectivity index (χ1n) is 5.08. The van der Waals surface area contributed by atoms with Gasteiger partial charge in [0.2, 0.25) is 0 Å². The average Bonchev–Trinajstić information content (AvgIpc) is 2.04. The zero-order valence-electron chi connectivity index (χ0n) is 9.56. The summed E-state index contributed by atoms with van der Waals surface area (Å²) in [5.74, 6) is 0.727. The quantitative estimate of drug-likeness (QED) is 0.648. The van der Waals surface area contributed by atoms with Crippen molar-refractivity contribution in [2.45, 2.75) is 57.4 Å². The molecule has 0 saturated heterocycles. The number of halogens is 1. The van der Waals surface area contributed by atoms with Crippen LogP contribution in [-0.2, 0) is 4.74 Å². The highest BCUT2D eigenvalue weighted by atomic mass is 79.9. The van der Waals surface area contributed by atoms with Crippen molar-refractivity contribution in [2.24, 2.45) is 5.92 Å². The van der Waals surface area contributed by atoms with E-state index in [1.54, 1.807) is 7.11 Å². The van der Waals surface area contributed by atoms with Gasteiger partial charge in [-0.2, -0.15) is 0 Å². The van der Waals surface area contributed by atoms with Crippen molar-refractivity contribution in [3.05, 3.63) is 0 Å². The summed E-state index contributed by atoms with van der Waals surface area (Å²) in [6, 6.07) is 0. The van der Waals surface area contributed by atoms with E-state index in [1.165, 1.54) is 12.8 Å². The molecule has 0 spiro atoms. The van der Waals surface area contributed by atoms with Crippen molar-refractivity contribution >= 4 is 15.9 Å². The Morgan fingerprint density at radius 2 is 1.85 bits per heavy atom. The third-order valence-corrected chi connectivity index (χ3v) is 4.05. The molecule has 0 rings (SSSR count). The van der Waals surface area contributed by atoms with Gasteiger partial charge in [0.05, 0.1) is 5.60 Å². The molecule has 1 atom stereocenters. The van der Waals surface area contributed by atoms with E-state index in [0.29, 0.717) is 4.83 Å². The number of ether oxygens (including phenoxy) is 1. The number of rotatable bonds is 6. The molecule has 0 fully saturated rings. The van der Waals surface area contributed by atoms with Crippen LogP contribution >= 0.6 is 15.9 Å². The number of alkyl halides is 1. The summed E-state index contributed by atoms with van der Waals surface area (Å²) in [4.78, 5) is 0.653. The molecule has 2 heteroatoms. The standard InChI is InChI=1S/C11H23BrO/c1-9(2)10(12)7-6-8-11(3,4)13-5/h9-10H,6-8H2,1-5H3. The molecule has 0 saturated carbocycles. The molecule has 0 aromatic heterocycles. The van der Waals surface area contributed by atoms with Crippen LogP contribution in [0.1, 0.15) is 47.0 Å². The molecule has 0 heterocycles. The lowest BCUT2D eigenvalue weighted by Gasteiger charge is -2.23. The largest absolute Gasteiger partial charge is 0.379 e. The maximum atomic E-state index is 5.36. The Balaban J connectivity index is 3.56. The van der Waals surface area contributed by atoms with Gasteiger partial charge in [0.15, 0.2) is 0 Å². The van der Waals surface area contributed by atoms with Crippen molar-refractivity contribution in [3.8, 4) is 0 Å². The first-order chi connectivity index (χ1) is 5.89. The van der Waals surface area contributed by atoms with Gasteiger partial charge in [-0.3, -0.25) is 0 Å². The maximum Gasteiger partial charge on any atom is 0.0622 e. The van der Waals surface area contributed by atoms with Crippen molar-refractivity contribution in [1.82, 2.24) is 0 Å². The number of hydrogen-bond acceptors (Lipinski definition) is 1. The molecular formula is C11H23BrO. The highest BCUT2D eigenvalue weighted by molar-refractivity contribution is 9.09. The van der Waals surface area contributed by atoms with E-state index < -0.39 is 0 Å². The Hall–Kier alpha value is 0.440. The van der Waals surface area contributed by atoms with Crippen LogP contribution in [0.5, 0.6) is 0 Å². The van der Waals surface area contributed by atoms with E-state index in [-0.39, 0.29) is 5.60 Å². The predicted octanol–water partition coefficient (Wildman–Crippen LogP) is 4.00. The second-order valence-electron chi connectivity index (χ2n) is 4.62. The summed E-state index contributed by atoms with van der Waals surface area (Å²) in [5.41, 5.74) is 0.0453. The number of hydrogen-bond donors (Lipinski definition) is 0. The molecule has 0 aromatic rings. The second-order valence-corrected chi connectivity index (χ2v) is 5.79. The molecule has 0 aliphatic rings. The van der Waals surface area contributed by atoms with Crippen LogP contribution in [0.3, 0.4) is 0 Å². The fourth-order valence-corrected chi connectivity index (χ4v) is 1.48. The van der Waals surface area contributed by atoms with E-state index in [9.17, 15) is 0 Å². The molecule has 0 amide bonds. The first kappa shape index (κ1) is 13.4. The van der Waals surface area contributed by atoms with Gasteiger partial charge in [-0.05, 0) is 39.0 Å². The van der Waals surface area contributed by atoms with E-state index in [4.69, 9.17) is 4.74 Å². The van der Waals surface area contributed by atoms with E-state index in [2.05, 4.69) is 43.6 Å². The first-order valence-corrected chi connectivity index (χ1v) is 6.00. The smallest absolute Gasteiger partial charge is 0.0622 e. The summed E-state index contributed by atoms with van der Waals surface area (Å²) in [6.45, 7) is 8.79. The SMILES string of the molecule is COC(C)(C)CCCC(Br)C(C)C. The molecule has 0 N–H and O–H groups in total. The minimum absolute atomic E-state index is 0.0453. The molecule has 0 aliphatic heterocycles. The van der Waals surface area contributed by atoms with Crippen LogP contribution < -0.4 is 0 Å². The summed E-state index contributed by atoms with van der Waals surface area (Å²) in [6.07, 6.45) is 3.61. The predicted molar refractivity (Wildman–Crippen MR) is 62.5 cm³/mol.